The quantitative estimate of drug-likeness (QED) is 0.139. The molecule has 5 rings (SSSR count). The van der Waals surface area contributed by atoms with Crippen molar-refractivity contribution in [3.05, 3.63) is 101 Å². The lowest BCUT2D eigenvalue weighted by atomic mass is 10.1. The summed E-state index contributed by atoms with van der Waals surface area (Å²) in [4.78, 5) is 51.9. The number of para-hydroxylation sites is 2. The topological polar surface area (TPSA) is 108 Å². The molecule has 1 amide bonds. The summed E-state index contributed by atoms with van der Waals surface area (Å²) in [5, 5.41) is 1.77. The van der Waals surface area contributed by atoms with Gasteiger partial charge < -0.3 is 23.8 Å². The molecule has 41 heavy (non-hydrogen) atoms. The smallest absolute Gasteiger partial charge is 0.353 e. The molecular formula is C31H25NO8S. The molecule has 4 aromatic rings. The molecule has 0 spiro atoms. The Morgan fingerprint density at radius 1 is 0.878 bits per heavy atom. The number of carbonyl (C=O) groups is 4. The van der Waals surface area contributed by atoms with Gasteiger partial charge in [0.25, 0.3) is 0 Å². The van der Waals surface area contributed by atoms with Gasteiger partial charge in [-0.3, -0.25) is 14.4 Å². The average molecular weight is 572 g/mol. The third-order valence-corrected chi connectivity index (χ3v) is 7.21. The van der Waals surface area contributed by atoms with E-state index in [1.807, 2.05) is 12.1 Å². The highest BCUT2D eigenvalue weighted by molar-refractivity contribution is 7.12. The van der Waals surface area contributed by atoms with Gasteiger partial charge in [-0.15, -0.1) is 11.3 Å². The lowest BCUT2D eigenvalue weighted by Gasteiger charge is -2.17. The van der Waals surface area contributed by atoms with Crippen molar-refractivity contribution in [2.75, 3.05) is 25.2 Å². The van der Waals surface area contributed by atoms with E-state index in [2.05, 4.69) is 0 Å². The number of methoxy groups -OCH3 is 1. The second kappa shape index (κ2) is 12.5. The van der Waals surface area contributed by atoms with E-state index in [-0.39, 0.29) is 18.9 Å². The first-order chi connectivity index (χ1) is 19.9. The normalized spacial score (nSPS) is 14.4. The van der Waals surface area contributed by atoms with Crippen LogP contribution in [0, 0.1) is 5.92 Å². The van der Waals surface area contributed by atoms with E-state index >= 15 is 0 Å². The summed E-state index contributed by atoms with van der Waals surface area (Å²) < 4.78 is 21.7. The van der Waals surface area contributed by atoms with Gasteiger partial charge in [-0.05, 0) is 72.1 Å². The van der Waals surface area contributed by atoms with Crippen LogP contribution >= 0.6 is 11.3 Å². The number of hydrogen-bond donors (Lipinski definition) is 0. The largest absolute Gasteiger partial charge is 0.493 e. The lowest BCUT2D eigenvalue weighted by Crippen LogP contribution is -2.27. The second-order valence-corrected chi connectivity index (χ2v) is 10.0. The molecule has 1 aromatic heterocycles. The van der Waals surface area contributed by atoms with Gasteiger partial charge in [-0.1, -0.05) is 18.2 Å². The highest BCUT2D eigenvalue weighted by Crippen LogP contribution is 2.33. The van der Waals surface area contributed by atoms with Crippen molar-refractivity contribution < 1.29 is 38.1 Å². The molecule has 0 unspecified atom stereocenters. The number of nitrogens with zero attached hydrogens (tertiary/aromatic N) is 1. The van der Waals surface area contributed by atoms with Crippen LogP contribution in [0.5, 0.6) is 23.0 Å². The maximum absolute atomic E-state index is 12.7. The maximum atomic E-state index is 12.7. The number of amides is 1. The van der Waals surface area contributed by atoms with Crippen molar-refractivity contribution in [2.24, 2.45) is 5.92 Å². The molecule has 1 saturated heterocycles. The van der Waals surface area contributed by atoms with Gasteiger partial charge >= 0.3 is 11.9 Å². The number of ether oxygens (including phenoxy) is 4. The first-order valence-corrected chi connectivity index (χ1v) is 13.6. The fourth-order valence-corrected chi connectivity index (χ4v) is 4.84. The number of anilines is 1. The van der Waals surface area contributed by atoms with Gasteiger partial charge in [0.1, 0.15) is 16.4 Å². The minimum absolute atomic E-state index is 0.0171. The fourth-order valence-electron chi connectivity index (χ4n) is 4.24. The Morgan fingerprint density at radius 2 is 1.59 bits per heavy atom. The summed E-state index contributed by atoms with van der Waals surface area (Å²) in [7, 11) is 1.56. The van der Waals surface area contributed by atoms with Crippen LogP contribution in [0.4, 0.5) is 5.69 Å². The first kappa shape index (κ1) is 27.6. The second-order valence-electron chi connectivity index (χ2n) is 9.07. The number of hydrogen-bond acceptors (Lipinski definition) is 9. The summed E-state index contributed by atoms with van der Waals surface area (Å²) in [6.07, 6.45) is -0.0171. The first-order valence-electron chi connectivity index (χ1n) is 12.7. The van der Waals surface area contributed by atoms with Crippen LogP contribution in [0.3, 0.4) is 0 Å². The molecule has 1 aliphatic heterocycles. The summed E-state index contributed by atoms with van der Waals surface area (Å²) >= 11 is 1.27. The summed E-state index contributed by atoms with van der Waals surface area (Å²) in [5.41, 5.74) is 0.918. The van der Waals surface area contributed by atoms with Crippen LogP contribution in [0.1, 0.15) is 26.5 Å². The molecule has 208 valence electrons. The summed E-state index contributed by atoms with van der Waals surface area (Å²) in [5.74, 6) is -0.417. The van der Waals surface area contributed by atoms with Crippen LogP contribution in [-0.4, -0.2) is 43.9 Å². The van der Waals surface area contributed by atoms with Crippen LogP contribution < -0.4 is 19.1 Å². The fraction of sp³-hybridized carbons (Fsp3) is 0.161. The van der Waals surface area contributed by atoms with Crippen LogP contribution in [-0.2, 0) is 14.3 Å². The third-order valence-electron chi connectivity index (χ3n) is 6.36. The standard InChI is InChI=1S/C31H25NO8S/c1-37-26-5-2-3-6-27(26)39-23-14-10-22(11-15-23)32-18-21(17-29(32)34)30(35)38-19-25(33)20-8-12-24(13-9-20)40-31(36)28-7-4-16-41-28/h2-16,21H,17-19H2,1H3/t21-/m1/s1. The Bertz CT molecular complexity index is 1550. The number of Topliss-reactive ketones (excluding diaryl/α,β-unsaturated/α-hetero) is 1. The van der Waals surface area contributed by atoms with E-state index in [9.17, 15) is 19.2 Å². The van der Waals surface area contributed by atoms with E-state index in [0.29, 0.717) is 39.1 Å². The van der Waals surface area contributed by atoms with Gasteiger partial charge in [-0.2, -0.15) is 0 Å². The zero-order valence-corrected chi connectivity index (χ0v) is 22.8. The molecule has 9 nitrogen and oxygen atoms in total. The predicted octanol–water partition coefficient (Wildman–Crippen LogP) is 5.55. The molecule has 1 atom stereocenters. The van der Waals surface area contributed by atoms with Crippen molar-refractivity contribution in [1.29, 1.82) is 0 Å². The van der Waals surface area contributed by atoms with Crippen molar-refractivity contribution in [1.82, 2.24) is 0 Å². The minimum Gasteiger partial charge on any atom is -0.493 e. The molecule has 10 heteroatoms. The Kier molecular flexibility index (Phi) is 8.40. The Labute approximate surface area is 239 Å². The van der Waals surface area contributed by atoms with Gasteiger partial charge in [-0.25, -0.2) is 4.79 Å². The van der Waals surface area contributed by atoms with Crippen LogP contribution in [0.2, 0.25) is 0 Å². The van der Waals surface area contributed by atoms with Gasteiger partial charge in [0.2, 0.25) is 5.91 Å². The Hall–Kier alpha value is -4.96. The Balaban J connectivity index is 1.12. The predicted molar refractivity (Wildman–Crippen MR) is 151 cm³/mol. The lowest BCUT2D eigenvalue weighted by molar-refractivity contribution is -0.147. The monoisotopic (exact) mass is 571 g/mol. The van der Waals surface area contributed by atoms with E-state index < -0.39 is 30.2 Å². The summed E-state index contributed by atoms with van der Waals surface area (Å²) in [6.45, 7) is -0.324. The number of carbonyl (C=O) groups excluding carboxylic acids is 4. The average Bonchev–Trinajstić information content (AvgIpc) is 3.67. The molecule has 0 bridgehead atoms. The number of rotatable bonds is 10. The van der Waals surface area contributed by atoms with E-state index in [0.717, 1.165) is 0 Å². The number of benzene rings is 3. The molecule has 1 fully saturated rings. The molecule has 0 saturated carbocycles. The zero-order chi connectivity index (χ0) is 28.8. The molecule has 0 aliphatic carbocycles. The number of thiophene rings is 1. The molecule has 0 radical (unpaired) electrons. The van der Waals surface area contributed by atoms with E-state index in [4.69, 9.17) is 18.9 Å². The van der Waals surface area contributed by atoms with Crippen molar-refractivity contribution in [3.8, 4) is 23.0 Å². The Morgan fingerprint density at radius 3 is 2.27 bits per heavy atom. The van der Waals surface area contributed by atoms with Crippen molar-refractivity contribution in [3.63, 3.8) is 0 Å². The van der Waals surface area contributed by atoms with Crippen molar-refractivity contribution in [2.45, 2.75) is 6.42 Å². The van der Waals surface area contributed by atoms with E-state index in [1.54, 1.807) is 61.0 Å². The summed E-state index contributed by atoms with van der Waals surface area (Å²) in [6, 6.07) is 23.6. The van der Waals surface area contributed by atoms with Crippen molar-refractivity contribution >= 4 is 40.7 Å². The van der Waals surface area contributed by atoms with Gasteiger partial charge in [0.15, 0.2) is 23.9 Å². The molecule has 1 aliphatic rings. The van der Waals surface area contributed by atoms with Crippen LogP contribution in [0.15, 0.2) is 90.3 Å². The van der Waals surface area contributed by atoms with Gasteiger partial charge in [0.05, 0.1) is 13.0 Å². The number of ketones is 1. The molecule has 3 aromatic carbocycles. The minimum atomic E-state index is -0.696. The maximum Gasteiger partial charge on any atom is 0.353 e. The highest BCUT2D eigenvalue weighted by Gasteiger charge is 2.36. The number of esters is 2. The molecule has 0 N–H and O–H groups in total. The van der Waals surface area contributed by atoms with Crippen LogP contribution in [0.25, 0.3) is 0 Å². The molecule has 2 heterocycles. The third kappa shape index (κ3) is 6.62. The highest BCUT2D eigenvalue weighted by atomic mass is 32.1. The molecular weight excluding hydrogens is 546 g/mol. The van der Waals surface area contributed by atoms with Gasteiger partial charge in [0, 0.05) is 24.2 Å². The van der Waals surface area contributed by atoms with E-state index in [1.165, 1.54) is 40.5 Å². The zero-order valence-electron chi connectivity index (χ0n) is 22.0. The SMILES string of the molecule is COc1ccccc1Oc1ccc(N2C[C@H](C(=O)OCC(=O)c3ccc(OC(=O)c4cccs4)cc3)CC2=O)cc1.